The molecule has 0 aliphatic heterocycles. The van der Waals surface area contributed by atoms with Gasteiger partial charge in [-0.3, -0.25) is 10.2 Å². The first-order valence-corrected chi connectivity index (χ1v) is 9.49. The average Bonchev–Trinajstić information content (AvgIpc) is 2.69. The van der Waals surface area contributed by atoms with Crippen LogP contribution in [-0.2, 0) is 11.2 Å². The molecular formula is C22H32N2O2. The van der Waals surface area contributed by atoms with Gasteiger partial charge in [0.15, 0.2) is 0 Å². The number of para-hydroxylation sites is 1. The largest absolute Gasteiger partial charge is 0.457 e. The first-order chi connectivity index (χ1) is 12.6. The second-order valence-electron chi connectivity index (χ2n) is 5.87. The molecule has 0 radical (unpaired) electrons. The summed E-state index contributed by atoms with van der Waals surface area (Å²) in [6.07, 6.45) is 2.22. The maximum atomic E-state index is 11.4. The van der Waals surface area contributed by atoms with Gasteiger partial charge in [0.05, 0.1) is 0 Å². The summed E-state index contributed by atoms with van der Waals surface area (Å²) in [7, 11) is 0. The van der Waals surface area contributed by atoms with Crippen LogP contribution in [-0.4, -0.2) is 11.9 Å². The number of carbonyl (C=O) groups excluding carboxylic acids is 1. The van der Waals surface area contributed by atoms with E-state index in [0.29, 0.717) is 6.42 Å². The molecule has 0 aliphatic carbocycles. The molecule has 0 saturated carbocycles. The maximum absolute atomic E-state index is 11.4. The molecule has 2 N–H and O–H groups in total. The highest BCUT2D eigenvalue weighted by Gasteiger charge is 2.10. The van der Waals surface area contributed by atoms with Crippen molar-refractivity contribution in [2.45, 2.75) is 59.9 Å². The Kier molecular flexibility index (Phi) is 10.1. The summed E-state index contributed by atoms with van der Waals surface area (Å²) in [5.74, 6) is 1.70. The molecular weight excluding hydrogens is 324 g/mol. The van der Waals surface area contributed by atoms with E-state index in [1.165, 1.54) is 5.56 Å². The molecule has 1 amide bonds. The van der Waals surface area contributed by atoms with Crippen molar-refractivity contribution in [2.24, 2.45) is 0 Å². The van der Waals surface area contributed by atoms with E-state index in [-0.39, 0.29) is 11.9 Å². The van der Waals surface area contributed by atoms with E-state index in [0.717, 1.165) is 29.9 Å². The summed E-state index contributed by atoms with van der Waals surface area (Å²) < 4.78 is 5.99. The van der Waals surface area contributed by atoms with Gasteiger partial charge in [0.2, 0.25) is 5.91 Å². The van der Waals surface area contributed by atoms with Gasteiger partial charge in [-0.2, -0.15) is 0 Å². The SMILES string of the molecule is CC.CCC(=O)NNC(CC)Cc1ccc(C)c(Oc2ccccc2)c1. The maximum Gasteiger partial charge on any atom is 0.233 e. The van der Waals surface area contributed by atoms with Gasteiger partial charge < -0.3 is 4.74 Å². The van der Waals surface area contributed by atoms with Crippen LogP contribution in [0.3, 0.4) is 0 Å². The number of hydrogen-bond donors (Lipinski definition) is 2. The molecule has 0 aliphatic rings. The molecule has 2 aromatic rings. The lowest BCUT2D eigenvalue weighted by atomic mass is 10.0. The Hall–Kier alpha value is -2.33. The van der Waals surface area contributed by atoms with Crippen LogP contribution < -0.4 is 15.6 Å². The van der Waals surface area contributed by atoms with Crippen LogP contribution >= 0.6 is 0 Å². The van der Waals surface area contributed by atoms with Crippen LogP contribution in [0.1, 0.15) is 51.7 Å². The molecule has 0 saturated heterocycles. The topological polar surface area (TPSA) is 50.4 Å². The van der Waals surface area contributed by atoms with E-state index in [4.69, 9.17) is 4.74 Å². The van der Waals surface area contributed by atoms with Crippen LogP contribution in [0.5, 0.6) is 11.5 Å². The van der Waals surface area contributed by atoms with Crippen molar-refractivity contribution < 1.29 is 9.53 Å². The Morgan fingerprint density at radius 1 is 1.08 bits per heavy atom. The molecule has 4 nitrogen and oxygen atoms in total. The molecule has 2 rings (SSSR count). The van der Waals surface area contributed by atoms with Crippen LogP contribution in [0.15, 0.2) is 48.5 Å². The predicted octanol–water partition coefficient (Wildman–Crippen LogP) is 5.17. The van der Waals surface area contributed by atoms with E-state index >= 15 is 0 Å². The minimum Gasteiger partial charge on any atom is -0.457 e. The third-order valence-corrected chi connectivity index (χ3v) is 3.94. The van der Waals surface area contributed by atoms with Crippen LogP contribution in [0, 0.1) is 6.92 Å². The second-order valence-corrected chi connectivity index (χ2v) is 5.87. The number of hydrogen-bond acceptors (Lipinski definition) is 3. The highest BCUT2D eigenvalue weighted by molar-refractivity contribution is 5.74. The second kappa shape index (κ2) is 12.1. The van der Waals surface area contributed by atoms with Gasteiger partial charge in [-0.05, 0) is 49.1 Å². The van der Waals surface area contributed by atoms with Crippen LogP contribution in [0.2, 0.25) is 0 Å². The molecule has 0 fully saturated rings. The fraction of sp³-hybridized carbons (Fsp3) is 0.409. The number of nitrogens with one attached hydrogen (secondary N) is 2. The third kappa shape index (κ3) is 7.28. The highest BCUT2D eigenvalue weighted by Crippen LogP contribution is 2.26. The zero-order valence-electron chi connectivity index (χ0n) is 16.6. The summed E-state index contributed by atoms with van der Waals surface area (Å²) >= 11 is 0. The standard InChI is InChI=1S/C20H26N2O2.C2H6/c1-4-17(21-22-20(23)5-2)13-16-12-11-15(3)19(14-16)24-18-9-7-6-8-10-18;1-2/h6-12,14,17,21H,4-5,13H2,1-3H3,(H,22,23);1-2H3. The van der Waals surface area contributed by atoms with Gasteiger partial charge in [-0.15, -0.1) is 0 Å². The number of rotatable bonds is 8. The molecule has 1 unspecified atom stereocenters. The van der Waals surface area contributed by atoms with Gasteiger partial charge in [0.25, 0.3) is 0 Å². The molecule has 4 heteroatoms. The van der Waals surface area contributed by atoms with Crippen molar-refractivity contribution in [1.82, 2.24) is 10.9 Å². The number of carbonyl (C=O) groups is 1. The van der Waals surface area contributed by atoms with Gasteiger partial charge in [0, 0.05) is 12.5 Å². The minimum absolute atomic E-state index is 0.00505. The Balaban J connectivity index is 0.00000163. The molecule has 142 valence electrons. The molecule has 0 bridgehead atoms. The van der Waals surface area contributed by atoms with E-state index in [2.05, 4.69) is 36.0 Å². The van der Waals surface area contributed by atoms with Gasteiger partial charge >= 0.3 is 0 Å². The Morgan fingerprint density at radius 2 is 1.77 bits per heavy atom. The third-order valence-electron chi connectivity index (χ3n) is 3.94. The lowest BCUT2D eigenvalue weighted by Crippen LogP contribution is -2.44. The summed E-state index contributed by atoms with van der Waals surface area (Å²) in [5.41, 5.74) is 8.14. The monoisotopic (exact) mass is 356 g/mol. The summed E-state index contributed by atoms with van der Waals surface area (Å²) in [5, 5.41) is 0. The minimum atomic E-state index is 0.00505. The highest BCUT2D eigenvalue weighted by atomic mass is 16.5. The first kappa shape index (κ1) is 21.7. The zero-order valence-corrected chi connectivity index (χ0v) is 16.6. The summed E-state index contributed by atoms with van der Waals surface area (Å²) in [4.78, 5) is 11.4. The van der Waals surface area contributed by atoms with E-state index in [1.54, 1.807) is 0 Å². The fourth-order valence-electron chi connectivity index (χ4n) is 2.35. The number of aryl methyl sites for hydroxylation is 1. The van der Waals surface area contributed by atoms with Gasteiger partial charge in [-0.1, -0.05) is 58.0 Å². The van der Waals surface area contributed by atoms with Crippen molar-refractivity contribution in [3.8, 4) is 11.5 Å². The molecule has 0 aromatic heterocycles. The number of ether oxygens (including phenoxy) is 1. The zero-order chi connectivity index (χ0) is 19.4. The lowest BCUT2D eigenvalue weighted by molar-refractivity contribution is -0.122. The molecule has 2 aromatic carbocycles. The Morgan fingerprint density at radius 3 is 2.38 bits per heavy atom. The van der Waals surface area contributed by atoms with E-state index < -0.39 is 0 Å². The van der Waals surface area contributed by atoms with Gasteiger partial charge in [0.1, 0.15) is 11.5 Å². The predicted molar refractivity (Wildman–Crippen MR) is 108 cm³/mol. The number of amides is 1. The normalized spacial score (nSPS) is 11.1. The molecule has 0 spiro atoms. The Bertz CT molecular complexity index is 656. The van der Waals surface area contributed by atoms with Gasteiger partial charge in [-0.25, -0.2) is 5.43 Å². The smallest absolute Gasteiger partial charge is 0.233 e. The molecule has 26 heavy (non-hydrogen) atoms. The van der Waals surface area contributed by atoms with E-state index in [9.17, 15) is 4.79 Å². The van der Waals surface area contributed by atoms with Crippen molar-refractivity contribution >= 4 is 5.91 Å². The number of hydrazine groups is 1. The fourth-order valence-corrected chi connectivity index (χ4v) is 2.35. The average molecular weight is 357 g/mol. The van der Waals surface area contributed by atoms with Crippen LogP contribution in [0.4, 0.5) is 0 Å². The lowest BCUT2D eigenvalue weighted by Gasteiger charge is -2.18. The molecule has 1 atom stereocenters. The van der Waals surface area contributed by atoms with Crippen LogP contribution in [0.25, 0.3) is 0 Å². The quantitative estimate of drug-likeness (QED) is 0.642. The summed E-state index contributed by atoms with van der Waals surface area (Å²) in [6, 6.07) is 16.2. The van der Waals surface area contributed by atoms with E-state index in [1.807, 2.05) is 58.0 Å². The van der Waals surface area contributed by atoms with Crippen molar-refractivity contribution in [3.05, 3.63) is 59.7 Å². The van der Waals surface area contributed by atoms with Crippen molar-refractivity contribution in [2.75, 3.05) is 0 Å². The Labute approximate surface area is 157 Å². The van der Waals surface area contributed by atoms with Crippen molar-refractivity contribution in [3.63, 3.8) is 0 Å². The molecule has 0 heterocycles. The first-order valence-electron chi connectivity index (χ1n) is 9.49. The summed E-state index contributed by atoms with van der Waals surface area (Å²) in [6.45, 7) is 9.98. The van der Waals surface area contributed by atoms with Crippen molar-refractivity contribution in [1.29, 1.82) is 0 Å². The number of benzene rings is 2.